The van der Waals surface area contributed by atoms with E-state index in [0.717, 1.165) is 30.4 Å². The standard InChI is InChI=1S/C22H24ClN3/c1-5-11-25-15(3)14(2)19-8-10-24-22(21(19)25)26-12-9-17-6-7-18(23)13-20(17)16(26)4/h5-8,10,13,16H,1,9,11-12H2,2-4H3. The Labute approximate surface area is 159 Å². The lowest BCUT2D eigenvalue weighted by atomic mass is 9.93. The van der Waals surface area contributed by atoms with Crippen molar-refractivity contribution in [3.8, 4) is 0 Å². The molecule has 0 aliphatic carbocycles. The Kier molecular flexibility index (Phi) is 4.28. The van der Waals surface area contributed by atoms with Gasteiger partial charge in [0.1, 0.15) is 0 Å². The molecule has 0 spiro atoms. The van der Waals surface area contributed by atoms with Crippen molar-refractivity contribution >= 4 is 28.3 Å². The number of allylic oxidation sites excluding steroid dienone is 1. The van der Waals surface area contributed by atoms with E-state index in [0.29, 0.717) is 0 Å². The minimum atomic E-state index is 0.239. The highest BCUT2D eigenvalue weighted by atomic mass is 35.5. The average Bonchev–Trinajstić information content (AvgIpc) is 2.88. The number of hydrogen-bond donors (Lipinski definition) is 0. The summed E-state index contributed by atoms with van der Waals surface area (Å²) in [5, 5.41) is 2.07. The largest absolute Gasteiger partial charge is 0.348 e. The van der Waals surface area contributed by atoms with E-state index in [1.54, 1.807) is 0 Å². The fourth-order valence-corrected chi connectivity index (χ4v) is 4.40. The van der Waals surface area contributed by atoms with Crippen LogP contribution in [0.25, 0.3) is 10.9 Å². The van der Waals surface area contributed by atoms with Gasteiger partial charge in [-0.3, -0.25) is 0 Å². The molecule has 1 unspecified atom stereocenters. The summed E-state index contributed by atoms with van der Waals surface area (Å²) in [6, 6.07) is 8.62. The van der Waals surface area contributed by atoms with Crippen LogP contribution in [0.2, 0.25) is 5.02 Å². The molecule has 3 aromatic rings. The molecule has 2 aromatic heterocycles. The second-order valence-corrected chi connectivity index (χ2v) is 7.54. The summed E-state index contributed by atoms with van der Waals surface area (Å²) in [5.41, 5.74) is 6.50. The minimum absolute atomic E-state index is 0.239. The van der Waals surface area contributed by atoms with E-state index in [2.05, 4.69) is 55.0 Å². The summed E-state index contributed by atoms with van der Waals surface area (Å²) in [5.74, 6) is 1.05. The van der Waals surface area contributed by atoms with Gasteiger partial charge in [-0.05, 0) is 62.1 Å². The van der Waals surface area contributed by atoms with Crippen LogP contribution in [0.4, 0.5) is 5.82 Å². The van der Waals surface area contributed by atoms with Crippen molar-refractivity contribution in [2.75, 3.05) is 11.4 Å². The molecule has 0 N–H and O–H groups in total. The molecule has 1 aromatic carbocycles. The second kappa shape index (κ2) is 6.48. The maximum atomic E-state index is 6.27. The highest BCUT2D eigenvalue weighted by Crippen LogP contribution is 2.38. The lowest BCUT2D eigenvalue weighted by Gasteiger charge is -2.36. The number of fused-ring (bicyclic) bond motifs is 2. The van der Waals surface area contributed by atoms with Crippen LogP contribution in [0.3, 0.4) is 0 Å². The molecule has 0 fully saturated rings. The molecular weight excluding hydrogens is 342 g/mol. The fraction of sp³-hybridized carbons (Fsp3) is 0.318. The summed E-state index contributed by atoms with van der Waals surface area (Å²) in [7, 11) is 0. The summed E-state index contributed by atoms with van der Waals surface area (Å²) in [6.07, 6.45) is 4.90. The zero-order valence-electron chi connectivity index (χ0n) is 15.6. The molecule has 4 heteroatoms. The van der Waals surface area contributed by atoms with Gasteiger partial charge in [0.15, 0.2) is 5.82 Å². The van der Waals surface area contributed by atoms with E-state index in [4.69, 9.17) is 16.6 Å². The molecule has 0 bridgehead atoms. The number of rotatable bonds is 3. The first kappa shape index (κ1) is 17.2. The molecule has 0 radical (unpaired) electrons. The lowest BCUT2D eigenvalue weighted by molar-refractivity contribution is 0.617. The van der Waals surface area contributed by atoms with Crippen molar-refractivity contribution in [3.63, 3.8) is 0 Å². The zero-order valence-corrected chi connectivity index (χ0v) is 16.3. The molecule has 1 aliphatic heterocycles. The number of halogens is 1. The molecule has 4 rings (SSSR count). The number of pyridine rings is 1. The number of aromatic nitrogens is 2. The molecule has 3 heterocycles. The van der Waals surface area contributed by atoms with E-state index >= 15 is 0 Å². The Morgan fingerprint density at radius 2 is 2.12 bits per heavy atom. The van der Waals surface area contributed by atoms with Crippen LogP contribution in [0, 0.1) is 13.8 Å². The molecule has 26 heavy (non-hydrogen) atoms. The van der Waals surface area contributed by atoms with Crippen molar-refractivity contribution < 1.29 is 0 Å². The molecule has 1 atom stereocenters. The topological polar surface area (TPSA) is 21.1 Å². The Hall–Kier alpha value is -2.26. The van der Waals surface area contributed by atoms with Crippen molar-refractivity contribution in [1.82, 2.24) is 9.55 Å². The molecular formula is C22H24ClN3. The summed E-state index contributed by atoms with van der Waals surface area (Å²) >= 11 is 6.27. The van der Waals surface area contributed by atoms with Crippen LogP contribution in [0.1, 0.15) is 35.3 Å². The van der Waals surface area contributed by atoms with E-state index in [1.807, 2.05) is 18.3 Å². The highest BCUT2D eigenvalue weighted by molar-refractivity contribution is 6.30. The van der Waals surface area contributed by atoms with Gasteiger partial charge >= 0.3 is 0 Å². The van der Waals surface area contributed by atoms with Crippen LogP contribution in [0.15, 0.2) is 43.1 Å². The average molecular weight is 366 g/mol. The third-order valence-electron chi connectivity index (χ3n) is 5.76. The zero-order chi connectivity index (χ0) is 18.4. The normalized spacial score (nSPS) is 16.8. The van der Waals surface area contributed by atoms with E-state index in [9.17, 15) is 0 Å². The van der Waals surface area contributed by atoms with Crippen molar-refractivity contribution in [2.45, 2.75) is 39.8 Å². The summed E-state index contributed by atoms with van der Waals surface area (Å²) in [4.78, 5) is 7.23. The maximum Gasteiger partial charge on any atom is 0.153 e. The van der Waals surface area contributed by atoms with Crippen molar-refractivity contribution in [3.05, 3.63) is 70.5 Å². The van der Waals surface area contributed by atoms with Gasteiger partial charge in [-0.2, -0.15) is 0 Å². The molecule has 3 nitrogen and oxygen atoms in total. The van der Waals surface area contributed by atoms with Gasteiger partial charge in [0.2, 0.25) is 0 Å². The Morgan fingerprint density at radius 1 is 1.31 bits per heavy atom. The predicted molar refractivity (Wildman–Crippen MR) is 110 cm³/mol. The number of anilines is 1. The van der Waals surface area contributed by atoms with Crippen LogP contribution in [0.5, 0.6) is 0 Å². The van der Waals surface area contributed by atoms with Gasteiger partial charge in [-0.15, -0.1) is 6.58 Å². The highest BCUT2D eigenvalue weighted by Gasteiger charge is 2.28. The fourth-order valence-electron chi connectivity index (χ4n) is 4.22. The van der Waals surface area contributed by atoms with Crippen molar-refractivity contribution in [2.24, 2.45) is 0 Å². The van der Waals surface area contributed by atoms with Gasteiger partial charge in [0.05, 0.1) is 11.6 Å². The van der Waals surface area contributed by atoms with E-state index in [-0.39, 0.29) is 6.04 Å². The van der Waals surface area contributed by atoms with Crippen LogP contribution < -0.4 is 4.90 Å². The summed E-state index contributed by atoms with van der Waals surface area (Å²) < 4.78 is 2.33. The first-order valence-corrected chi connectivity index (χ1v) is 9.51. The Bertz CT molecular complexity index is 1000. The van der Waals surface area contributed by atoms with E-state index < -0.39 is 0 Å². The quantitative estimate of drug-likeness (QED) is 0.562. The summed E-state index contributed by atoms with van der Waals surface area (Å²) in [6.45, 7) is 12.3. The number of benzene rings is 1. The van der Waals surface area contributed by atoms with Crippen LogP contribution >= 0.6 is 11.6 Å². The monoisotopic (exact) mass is 365 g/mol. The van der Waals surface area contributed by atoms with Gasteiger partial charge in [-0.25, -0.2) is 4.98 Å². The second-order valence-electron chi connectivity index (χ2n) is 7.10. The Balaban J connectivity index is 1.90. The first-order chi connectivity index (χ1) is 12.5. The van der Waals surface area contributed by atoms with Gasteiger partial charge in [0, 0.05) is 35.4 Å². The number of aryl methyl sites for hydroxylation is 1. The van der Waals surface area contributed by atoms with Gasteiger partial charge in [-0.1, -0.05) is 23.7 Å². The number of nitrogens with zero attached hydrogens (tertiary/aromatic N) is 3. The van der Waals surface area contributed by atoms with Gasteiger partial charge in [0.25, 0.3) is 0 Å². The van der Waals surface area contributed by atoms with Crippen LogP contribution in [-0.2, 0) is 13.0 Å². The minimum Gasteiger partial charge on any atom is -0.348 e. The lowest BCUT2D eigenvalue weighted by Crippen LogP contribution is -2.35. The van der Waals surface area contributed by atoms with Crippen LogP contribution in [-0.4, -0.2) is 16.1 Å². The van der Waals surface area contributed by atoms with E-state index in [1.165, 1.54) is 33.3 Å². The maximum absolute atomic E-state index is 6.27. The predicted octanol–water partition coefficient (Wildman–Crippen LogP) is 5.62. The molecule has 134 valence electrons. The SMILES string of the molecule is C=CCn1c(C)c(C)c2ccnc(N3CCc4ccc(Cl)cc4C3C)c21. The third-order valence-corrected chi connectivity index (χ3v) is 5.99. The molecule has 0 saturated carbocycles. The third kappa shape index (κ3) is 2.53. The molecule has 0 saturated heterocycles. The van der Waals surface area contributed by atoms with Crippen molar-refractivity contribution in [1.29, 1.82) is 0 Å². The molecule has 1 aliphatic rings. The smallest absolute Gasteiger partial charge is 0.153 e. The first-order valence-electron chi connectivity index (χ1n) is 9.13. The molecule has 0 amide bonds. The Morgan fingerprint density at radius 3 is 2.88 bits per heavy atom. The number of hydrogen-bond acceptors (Lipinski definition) is 2. The van der Waals surface area contributed by atoms with Gasteiger partial charge < -0.3 is 9.47 Å².